The predicted molar refractivity (Wildman–Crippen MR) is 101 cm³/mol. The second-order valence-corrected chi connectivity index (χ2v) is 7.53. The summed E-state index contributed by atoms with van der Waals surface area (Å²) in [6.45, 7) is 0.995. The summed E-state index contributed by atoms with van der Waals surface area (Å²) >= 11 is 0. The van der Waals surface area contributed by atoms with Gasteiger partial charge < -0.3 is 9.88 Å². The highest BCUT2D eigenvalue weighted by Gasteiger charge is 2.42. The van der Waals surface area contributed by atoms with Crippen molar-refractivity contribution in [2.75, 3.05) is 7.05 Å². The van der Waals surface area contributed by atoms with Crippen molar-refractivity contribution in [2.24, 2.45) is 0 Å². The van der Waals surface area contributed by atoms with Gasteiger partial charge in [0.25, 0.3) is 5.91 Å². The van der Waals surface area contributed by atoms with E-state index in [1.165, 1.54) is 30.7 Å². The number of rotatable bonds is 4. The largest absolute Gasteiger partial charge is 0.339 e. The van der Waals surface area contributed by atoms with Gasteiger partial charge in [0.1, 0.15) is 0 Å². The standard InChI is InChI=1S/C21H25N3O2/c1-23(21(26)16-9-10-22-20(25)11-16)19-12-17-7-8-18(13-19)24(17)14-15-5-3-2-4-6-15/h2-6,9-11,17-19H,7-8,12-14H2,1H3,(H,22,25). The maximum Gasteiger partial charge on any atom is 0.254 e. The van der Waals surface area contributed by atoms with Crippen LogP contribution in [0.25, 0.3) is 0 Å². The third-order valence-corrected chi connectivity index (χ3v) is 5.96. The van der Waals surface area contributed by atoms with Gasteiger partial charge in [-0.15, -0.1) is 0 Å². The maximum atomic E-state index is 12.8. The van der Waals surface area contributed by atoms with E-state index in [2.05, 4.69) is 40.2 Å². The van der Waals surface area contributed by atoms with Crippen LogP contribution in [0, 0.1) is 0 Å². The fraction of sp³-hybridized carbons (Fsp3) is 0.429. The van der Waals surface area contributed by atoms with Crippen molar-refractivity contribution in [1.29, 1.82) is 0 Å². The first-order valence-corrected chi connectivity index (χ1v) is 9.37. The number of benzene rings is 1. The van der Waals surface area contributed by atoms with E-state index in [4.69, 9.17) is 0 Å². The lowest BCUT2D eigenvalue weighted by molar-refractivity contribution is 0.0477. The molecule has 0 aliphatic carbocycles. The van der Waals surface area contributed by atoms with Crippen molar-refractivity contribution < 1.29 is 4.79 Å². The molecule has 4 rings (SSSR count). The average Bonchev–Trinajstić information content (AvgIpc) is 2.89. The number of nitrogens with one attached hydrogen (secondary N) is 1. The lowest BCUT2D eigenvalue weighted by atomic mass is 9.95. The van der Waals surface area contributed by atoms with Crippen LogP contribution in [0.1, 0.15) is 41.6 Å². The molecule has 2 aromatic rings. The van der Waals surface area contributed by atoms with Crippen molar-refractivity contribution in [3.05, 3.63) is 70.1 Å². The topological polar surface area (TPSA) is 56.4 Å². The van der Waals surface area contributed by atoms with Crippen molar-refractivity contribution in [2.45, 2.75) is 50.4 Å². The summed E-state index contributed by atoms with van der Waals surface area (Å²) < 4.78 is 0. The second-order valence-electron chi connectivity index (χ2n) is 7.53. The van der Waals surface area contributed by atoms with Gasteiger partial charge >= 0.3 is 0 Å². The van der Waals surface area contributed by atoms with Gasteiger partial charge in [0.05, 0.1) is 0 Å². The minimum Gasteiger partial charge on any atom is -0.339 e. The van der Waals surface area contributed by atoms with Crippen molar-refractivity contribution in [1.82, 2.24) is 14.8 Å². The number of hydrogen-bond donors (Lipinski definition) is 1. The number of amides is 1. The van der Waals surface area contributed by atoms with E-state index >= 15 is 0 Å². The Labute approximate surface area is 153 Å². The Kier molecular flexibility index (Phi) is 4.64. The molecule has 2 aliphatic rings. The summed E-state index contributed by atoms with van der Waals surface area (Å²) in [6, 6.07) is 15.0. The summed E-state index contributed by atoms with van der Waals surface area (Å²) in [5, 5.41) is 0. The number of H-pyrrole nitrogens is 1. The zero-order valence-corrected chi connectivity index (χ0v) is 15.1. The number of aromatic amines is 1. The first-order valence-electron chi connectivity index (χ1n) is 9.37. The molecule has 1 N–H and O–H groups in total. The third-order valence-electron chi connectivity index (χ3n) is 5.96. The number of carbonyl (C=O) groups is 1. The van der Waals surface area contributed by atoms with Crippen molar-refractivity contribution in [3.8, 4) is 0 Å². The van der Waals surface area contributed by atoms with Crippen molar-refractivity contribution >= 4 is 5.91 Å². The molecule has 1 aromatic heterocycles. The van der Waals surface area contributed by atoms with E-state index < -0.39 is 0 Å². The molecule has 2 fully saturated rings. The molecule has 26 heavy (non-hydrogen) atoms. The lowest BCUT2D eigenvalue weighted by Gasteiger charge is -2.42. The summed E-state index contributed by atoms with van der Waals surface area (Å²) in [5.41, 5.74) is 1.59. The normalized spacial score (nSPS) is 25.2. The number of nitrogens with zero attached hydrogens (tertiary/aromatic N) is 2. The zero-order valence-electron chi connectivity index (χ0n) is 15.1. The number of fused-ring (bicyclic) bond motifs is 2. The van der Waals surface area contributed by atoms with Gasteiger partial charge in [0.15, 0.2) is 0 Å². The van der Waals surface area contributed by atoms with E-state index in [0.717, 1.165) is 19.4 Å². The van der Waals surface area contributed by atoms with Crippen LogP contribution in [-0.2, 0) is 6.54 Å². The highest BCUT2D eigenvalue weighted by atomic mass is 16.2. The van der Waals surface area contributed by atoms with E-state index in [1.54, 1.807) is 6.07 Å². The minimum atomic E-state index is -0.234. The SMILES string of the molecule is CN(C(=O)c1cc[nH]c(=O)c1)C1CC2CCC(C1)N2Cc1ccccc1. The van der Waals surface area contributed by atoms with Gasteiger partial charge in [0, 0.05) is 49.5 Å². The van der Waals surface area contributed by atoms with Crippen LogP contribution in [-0.4, -0.2) is 45.9 Å². The van der Waals surface area contributed by atoms with Crippen LogP contribution >= 0.6 is 0 Å². The molecule has 0 radical (unpaired) electrons. The Balaban J connectivity index is 1.45. The molecule has 0 saturated carbocycles. The number of carbonyl (C=O) groups excluding carboxylic acids is 1. The molecule has 2 bridgehead atoms. The van der Waals surface area contributed by atoms with Crippen LogP contribution in [0.5, 0.6) is 0 Å². The Morgan fingerprint density at radius 1 is 1.15 bits per heavy atom. The summed E-state index contributed by atoms with van der Waals surface area (Å²) in [5.74, 6) is -0.0583. The maximum absolute atomic E-state index is 12.8. The first-order chi connectivity index (χ1) is 12.6. The highest BCUT2D eigenvalue weighted by Crippen LogP contribution is 2.38. The van der Waals surface area contributed by atoms with E-state index in [-0.39, 0.29) is 17.5 Å². The molecular weight excluding hydrogens is 326 g/mol. The van der Waals surface area contributed by atoms with Crippen LogP contribution in [0.4, 0.5) is 0 Å². The molecule has 2 aliphatic heterocycles. The molecule has 2 saturated heterocycles. The predicted octanol–water partition coefficient (Wildman–Crippen LogP) is 2.64. The highest BCUT2D eigenvalue weighted by molar-refractivity contribution is 5.94. The molecule has 1 aromatic carbocycles. The Bertz CT molecular complexity index is 818. The van der Waals surface area contributed by atoms with E-state index in [1.807, 2.05) is 11.9 Å². The molecule has 5 heteroatoms. The average molecular weight is 351 g/mol. The Morgan fingerprint density at radius 3 is 2.50 bits per heavy atom. The molecule has 3 heterocycles. The molecule has 5 nitrogen and oxygen atoms in total. The summed E-state index contributed by atoms with van der Waals surface area (Å²) in [7, 11) is 1.88. The second kappa shape index (κ2) is 7.08. The van der Waals surface area contributed by atoms with Gasteiger partial charge in [0.2, 0.25) is 5.56 Å². The van der Waals surface area contributed by atoms with Gasteiger partial charge in [-0.25, -0.2) is 0 Å². The zero-order chi connectivity index (χ0) is 18.1. The smallest absolute Gasteiger partial charge is 0.254 e. The van der Waals surface area contributed by atoms with Gasteiger partial charge in [-0.2, -0.15) is 0 Å². The molecule has 136 valence electrons. The minimum absolute atomic E-state index is 0.0583. The molecular formula is C21H25N3O2. The van der Waals surface area contributed by atoms with Gasteiger partial charge in [-0.05, 0) is 37.3 Å². The fourth-order valence-electron chi connectivity index (χ4n) is 4.56. The van der Waals surface area contributed by atoms with Gasteiger partial charge in [-0.3, -0.25) is 14.5 Å². The number of pyridine rings is 1. The van der Waals surface area contributed by atoms with Crippen molar-refractivity contribution in [3.63, 3.8) is 0 Å². The Hall–Kier alpha value is -2.40. The quantitative estimate of drug-likeness (QED) is 0.921. The lowest BCUT2D eigenvalue weighted by Crippen LogP contribution is -2.50. The summed E-state index contributed by atoms with van der Waals surface area (Å²) in [6.07, 6.45) is 5.97. The molecule has 2 unspecified atom stereocenters. The molecule has 2 atom stereocenters. The van der Waals surface area contributed by atoms with Gasteiger partial charge in [-0.1, -0.05) is 30.3 Å². The van der Waals surface area contributed by atoms with Crippen LogP contribution in [0.2, 0.25) is 0 Å². The number of piperidine rings is 1. The molecule has 0 spiro atoms. The van der Waals surface area contributed by atoms with Crippen LogP contribution in [0.3, 0.4) is 0 Å². The van der Waals surface area contributed by atoms with E-state index in [0.29, 0.717) is 17.6 Å². The Morgan fingerprint density at radius 2 is 1.85 bits per heavy atom. The van der Waals surface area contributed by atoms with E-state index in [9.17, 15) is 9.59 Å². The molecule has 1 amide bonds. The van der Waals surface area contributed by atoms with Crippen LogP contribution in [0.15, 0.2) is 53.5 Å². The monoisotopic (exact) mass is 351 g/mol. The fourth-order valence-corrected chi connectivity index (χ4v) is 4.56. The number of hydrogen-bond acceptors (Lipinski definition) is 3. The first kappa shape index (κ1) is 17.0. The summed E-state index contributed by atoms with van der Waals surface area (Å²) in [4.78, 5) is 31.3. The number of aromatic nitrogens is 1. The van der Waals surface area contributed by atoms with Crippen LogP contribution < -0.4 is 5.56 Å². The third kappa shape index (κ3) is 3.31.